The fourth-order valence-electron chi connectivity index (χ4n) is 2.56. The molecule has 1 aromatic heterocycles. The number of benzene rings is 2. The number of carbonyl (C=O) groups excluding carboxylic acids is 2. The molecule has 7 heteroatoms. The van der Waals surface area contributed by atoms with Gasteiger partial charge in [0.15, 0.2) is 11.5 Å². The molecule has 2 aromatic carbocycles. The largest absolute Gasteiger partial charge is 0.449 e. The molecule has 0 bridgehead atoms. The third-order valence-corrected chi connectivity index (χ3v) is 4.14. The maximum Gasteiger partial charge on any atom is 0.375 e. The number of carbonyl (C=O) groups is 2. The topological polar surface area (TPSA) is 88.9 Å². The van der Waals surface area contributed by atoms with E-state index < -0.39 is 18.0 Å². The summed E-state index contributed by atoms with van der Waals surface area (Å²) in [6.07, 6.45) is -1.07. The van der Waals surface area contributed by atoms with Crippen LogP contribution < -0.4 is 15.6 Å². The van der Waals surface area contributed by atoms with E-state index in [0.717, 1.165) is 11.8 Å². The third-order valence-electron chi connectivity index (χ3n) is 4.14. The lowest BCUT2D eigenvalue weighted by Crippen LogP contribution is -2.30. The van der Waals surface area contributed by atoms with Gasteiger partial charge in [-0.2, -0.15) is 0 Å². The van der Waals surface area contributed by atoms with Gasteiger partial charge in [-0.05, 0) is 43.3 Å². The van der Waals surface area contributed by atoms with Gasteiger partial charge in [0, 0.05) is 31.5 Å². The van der Waals surface area contributed by atoms with Crippen LogP contribution >= 0.6 is 0 Å². The normalized spacial score (nSPS) is 11.7. The third kappa shape index (κ3) is 4.20. The van der Waals surface area contributed by atoms with Crippen LogP contribution in [0, 0.1) is 0 Å². The van der Waals surface area contributed by atoms with Crippen molar-refractivity contribution in [3.63, 3.8) is 0 Å². The lowest BCUT2D eigenvalue weighted by molar-refractivity contribution is -0.123. The SMILES string of the molecule is C[C@@H](OC(=O)c1cc(=O)c2ccccc2o1)C(=O)Nc1ccc(N(C)C)cc1. The molecule has 3 aromatic rings. The molecule has 1 amide bonds. The summed E-state index contributed by atoms with van der Waals surface area (Å²) in [6.45, 7) is 1.45. The van der Waals surface area contributed by atoms with E-state index in [1.54, 1.807) is 36.4 Å². The van der Waals surface area contributed by atoms with E-state index in [0.29, 0.717) is 11.1 Å². The second kappa shape index (κ2) is 7.96. The molecular weight excluding hydrogens is 360 g/mol. The van der Waals surface area contributed by atoms with E-state index in [1.165, 1.54) is 6.92 Å². The van der Waals surface area contributed by atoms with Crippen molar-refractivity contribution < 1.29 is 18.7 Å². The van der Waals surface area contributed by atoms with E-state index in [9.17, 15) is 14.4 Å². The number of rotatable bonds is 5. The second-order valence-corrected chi connectivity index (χ2v) is 6.45. The van der Waals surface area contributed by atoms with Crippen LogP contribution in [0.4, 0.5) is 11.4 Å². The number of amides is 1. The van der Waals surface area contributed by atoms with E-state index >= 15 is 0 Å². The van der Waals surface area contributed by atoms with Crippen molar-refractivity contribution in [1.29, 1.82) is 0 Å². The Bertz CT molecular complexity index is 1070. The standard InChI is InChI=1S/C21H20N2O5/c1-13(20(25)22-14-8-10-15(11-9-14)23(2)3)27-21(26)19-12-17(24)16-6-4-5-7-18(16)28-19/h4-13H,1-3H3,(H,22,25)/t13-/m1/s1. The first-order valence-corrected chi connectivity index (χ1v) is 8.67. The zero-order valence-corrected chi connectivity index (χ0v) is 15.8. The zero-order valence-electron chi connectivity index (χ0n) is 15.8. The number of anilines is 2. The molecule has 1 atom stereocenters. The van der Waals surface area contributed by atoms with Crippen LogP contribution in [0.5, 0.6) is 0 Å². The van der Waals surface area contributed by atoms with E-state index in [1.807, 2.05) is 31.1 Å². The summed E-state index contributed by atoms with van der Waals surface area (Å²) in [6, 6.07) is 14.9. The smallest absolute Gasteiger partial charge is 0.375 e. The molecule has 1 N–H and O–H groups in total. The maximum atomic E-state index is 12.3. The van der Waals surface area contributed by atoms with Gasteiger partial charge >= 0.3 is 5.97 Å². The molecule has 1 heterocycles. The summed E-state index contributed by atoms with van der Waals surface area (Å²) in [5.41, 5.74) is 1.49. The molecule has 144 valence electrons. The number of nitrogens with one attached hydrogen (secondary N) is 1. The van der Waals surface area contributed by atoms with Crippen molar-refractivity contribution in [3.05, 3.63) is 70.6 Å². The number of fused-ring (bicyclic) bond motifs is 1. The van der Waals surface area contributed by atoms with Gasteiger partial charge in [0.2, 0.25) is 5.76 Å². The summed E-state index contributed by atoms with van der Waals surface area (Å²) in [5, 5.41) is 3.05. The number of nitrogens with zero attached hydrogens (tertiary/aromatic N) is 1. The lowest BCUT2D eigenvalue weighted by Gasteiger charge is -2.15. The van der Waals surface area contributed by atoms with Gasteiger partial charge in [0.1, 0.15) is 5.58 Å². The highest BCUT2D eigenvalue weighted by atomic mass is 16.6. The van der Waals surface area contributed by atoms with Crippen LogP contribution in [-0.2, 0) is 9.53 Å². The van der Waals surface area contributed by atoms with Crippen molar-refractivity contribution in [2.45, 2.75) is 13.0 Å². The van der Waals surface area contributed by atoms with Gasteiger partial charge < -0.3 is 19.4 Å². The molecule has 0 spiro atoms. The van der Waals surface area contributed by atoms with Crippen molar-refractivity contribution in [1.82, 2.24) is 0 Å². The van der Waals surface area contributed by atoms with Gasteiger partial charge in [-0.25, -0.2) is 4.79 Å². The van der Waals surface area contributed by atoms with Crippen LogP contribution in [-0.4, -0.2) is 32.1 Å². The number of para-hydroxylation sites is 1. The molecule has 0 aliphatic rings. The summed E-state index contributed by atoms with van der Waals surface area (Å²) < 4.78 is 10.6. The van der Waals surface area contributed by atoms with Crippen LogP contribution in [0.2, 0.25) is 0 Å². The summed E-state index contributed by atoms with van der Waals surface area (Å²) in [7, 11) is 3.83. The Kier molecular flexibility index (Phi) is 5.44. The fourth-order valence-corrected chi connectivity index (χ4v) is 2.56. The molecule has 0 saturated carbocycles. The first-order chi connectivity index (χ1) is 13.3. The predicted molar refractivity (Wildman–Crippen MR) is 107 cm³/mol. The zero-order chi connectivity index (χ0) is 20.3. The minimum Gasteiger partial charge on any atom is -0.449 e. The van der Waals surface area contributed by atoms with Crippen LogP contribution in [0.3, 0.4) is 0 Å². The highest BCUT2D eigenvalue weighted by molar-refractivity contribution is 5.97. The van der Waals surface area contributed by atoms with Crippen molar-refractivity contribution >= 4 is 34.2 Å². The molecule has 0 unspecified atom stereocenters. The monoisotopic (exact) mass is 380 g/mol. The first-order valence-electron chi connectivity index (χ1n) is 8.67. The minimum atomic E-state index is -1.07. The second-order valence-electron chi connectivity index (χ2n) is 6.45. The van der Waals surface area contributed by atoms with Crippen molar-refractivity contribution in [2.24, 2.45) is 0 Å². The highest BCUT2D eigenvalue weighted by Crippen LogP contribution is 2.17. The molecule has 3 rings (SSSR count). The van der Waals surface area contributed by atoms with Gasteiger partial charge in [-0.15, -0.1) is 0 Å². The Hall–Kier alpha value is -3.61. The highest BCUT2D eigenvalue weighted by Gasteiger charge is 2.21. The van der Waals surface area contributed by atoms with Crippen LogP contribution in [0.25, 0.3) is 11.0 Å². The Morgan fingerprint density at radius 1 is 1.07 bits per heavy atom. The Labute approximate surface area is 161 Å². The van der Waals surface area contributed by atoms with Gasteiger partial charge in [-0.3, -0.25) is 9.59 Å². The summed E-state index contributed by atoms with van der Waals surface area (Å²) in [4.78, 5) is 38.6. The predicted octanol–water partition coefficient (Wildman–Crippen LogP) is 3.04. The van der Waals surface area contributed by atoms with Gasteiger partial charge in [0.05, 0.1) is 5.39 Å². The Morgan fingerprint density at radius 3 is 2.43 bits per heavy atom. The number of hydrogen-bond acceptors (Lipinski definition) is 6. The molecule has 7 nitrogen and oxygen atoms in total. The number of esters is 1. The van der Waals surface area contributed by atoms with Crippen molar-refractivity contribution in [3.8, 4) is 0 Å². The lowest BCUT2D eigenvalue weighted by atomic mass is 10.2. The average molecular weight is 380 g/mol. The average Bonchev–Trinajstić information content (AvgIpc) is 2.68. The Morgan fingerprint density at radius 2 is 1.75 bits per heavy atom. The van der Waals surface area contributed by atoms with Gasteiger partial charge in [0.25, 0.3) is 5.91 Å². The quantitative estimate of drug-likeness (QED) is 0.685. The molecule has 0 aliphatic heterocycles. The first kappa shape index (κ1) is 19.2. The van der Waals surface area contributed by atoms with Crippen LogP contribution in [0.1, 0.15) is 17.5 Å². The molecular formula is C21H20N2O5. The van der Waals surface area contributed by atoms with E-state index in [-0.39, 0.29) is 16.8 Å². The maximum absolute atomic E-state index is 12.3. The van der Waals surface area contributed by atoms with E-state index in [2.05, 4.69) is 5.32 Å². The van der Waals surface area contributed by atoms with Gasteiger partial charge in [-0.1, -0.05) is 12.1 Å². The molecule has 28 heavy (non-hydrogen) atoms. The Balaban J connectivity index is 1.68. The molecule has 0 fully saturated rings. The number of hydrogen-bond donors (Lipinski definition) is 1. The molecule has 0 aliphatic carbocycles. The summed E-state index contributed by atoms with van der Waals surface area (Å²) >= 11 is 0. The number of ether oxygens (including phenoxy) is 1. The molecule has 0 saturated heterocycles. The summed E-state index contributed by atoms with van der Waals surface area (Å²) in [5.74, 6) is -1.62. The molecule has 0 radical (unpaired) electrons. The fraction of sp³-hybridized carbons (Fsp3) is 0.190. The van der Waals surface area contributed by atoms with E-state index in [4.69, 9.17) is 9.15 Å². The van der Waals surface area contributed by atoms with Crippen LogP contribution in [0.15, 0.2) is 63.8 Å². The minimum absolute atomic E-state index is 0.251. The van der Waals surface area contributed by atoms with Crippen molar-refractivity contribution in [2.75, 3.05) is 24.3 Å².